The molecular weight excluding hydrogens is 286 g/mol. The maximum atomic E-state index is 12.4. The Bertz CT molecular complexity index is 626. The minimum atomic E-state index is -0.191. The largest absolute Gasteiger partial charge is 0.384 e. The third-order valence-corrected chi connectivity index (χ3v) is 3.18. The number of amides is 1. The highest BCUT2D eigenvalue weighted by atomic mass is 35.5. The number of pyridine rings is 1. The first-order chi connectivity index (χ1) is 10.1. The molecule has 0 saturated carbocycles. The highest BCUT2D eigenvalue weighted by Crippen LogP contribution is 2.19. The van der Waals surface area contributed by atoms with Crippen LogP contribution in [0.4, 0.5) is 11.5 Å². The molecule has 1 amide bonds. The molecule has 0 fully saturated rings. The molecular formula is C16H18ClN3O. The summed E-state index contributed by atoms with van der Waals surface area (Å²) in [5.74, 6) is 0.287. The van der Waals surface area contributed by atoms with Gasteiger partial charge in [0, 0.05) is 18.4 Å². The summed E-state index contributed by atoms with van der Waals surface area (Å²) in [5.41, 5.74) is 2.55. The number of hydrogen-bond acceptors (Lipinski definition) is 3. The lowest BCUT2D eigenvalue weighted by Crippen LogP contribution is -2.16. The van der Waals surface area contributed by atoms with E-state index >= 15 is 0 Å². The molecule has 2 aromatic rings. The molecule has 0 aliphatic carbocycles. The monoisotopic (exact) mass is 303 g/mol. The Morgan fingerprint density at radius 2 is 2.10 bits per heavy atom. The summed E-state index contributed by atoms with van der Waals surface area (Å²) in [6.45, 7) is 4.91. The molecule has 110 valence electrons. The van der Waals surface area contributed by atoms with Gasteiger partial charge in [-0.05, 0) is 43.2 Å². The number of aryl methyl sites for hydroxylation is 1. The summed E-state index contributed by atoms with van der Waals surface area (Å²) in [4.78, 5) is 16.4. The number of hydrogen-bond donors (Lipinski definition) is 2. The average Bonchev–Trinajstić information content (AvgIpc) is 2.47. The van der Waals surface area contributed by atoms with Crippen molar-refractivity contribution in [1.29, 1.82) is 0 Å². The Morgan fingerprint density at radius 1 is 1.29 bits per heavy atom. The van der Waals surface area contributed by atoms with Gasteiger partial charge in [0.25, 0.3) is 5.91 Å². The van der Waals surface area contributed by atoms with Crippen molar-refractivity contribution in [2.45, 2.75) is 20.3 Å². The molecule has 1 heterocycles. The van der Waals surface area contributed by atoms with Crippen LogP contribution in [0.5, 0.6) is 0 Å². The molecule has 1 aromatic heterocycles. The Balaban J connectivity index is 2.19. The second kappa shape index (κ2) is 7.09. The Kier molecular flexibility index (Phi) is 5.17. The molecule has 21 heavy (non-hydrogen) atoms. The summed E-state index contributed by atoms with van der Waals surface area (Å²) in [5, 5.41) is 6.59. The van der Waals surface area contributed by atoms with Crippen LogP contribution in [0.2, 0.25) is 5.02 Å². The van der Waals surface area contributed by atoms with E-state index < -0.39 is 0 Å². The van der Waals surface area contributed by atoms with E-state index in [9.17, 15) is 4.79 Å². The zero-order valence-electron chi connectivity index (χ0n) is 12.1. The lowest BCUT2D eigenvalue weighted by molar-refractivity contribution is 0.102. The van der Waals surface area contributed by atoms with Crippen LogP contribution in [-0.4, -0.2) is 17.4 Å². The van der Waals surface area contributed by atoms with Gasteiger partial charge in [0.15, 0.2) is 0 Å². The maximum Gasteiger partial charge on any atom is 0.258 e. The van der Waals surface area contributed by atoms with Crippen molar-refractivity contribution in [3.05, 3.63) is 52.7 Å². The van der Waals surface area contributed by atoms with Crippen molar-refractivity contribution in [2.75, 3.05) is 17.2 Å². The molecule has 0 bridgehead atoms. The van der Waals surface area contributed by atoms with Crippen LogP contribution in [0.3, 0.4) is 0 Å². The zero-order valence-corrected chi connectivity index (χ0v) is 12.9. The Labute approximate surface area is 129 Å². The number of carbonyl (C=O) groups is 1. The Hall–Kier alpha value is -2.07. The molecule has 2 N–H and O–H groups in total. The van der Waals surface area contributed by atoms with Gasteiger partial charge < -0.3 is 10.6 Å². The van der Waals surface area contributed by atoms with Gasteiger partial charge in [0.1, 0.15) is 5.82 Å². The van der Waals surface area contributed by atoms with Crippen molar-refractivity contribution < 1.29 is 4.79 Å². The molecule has 0 unspecified atom stereocenters. The topological polar surface area (TPSA) is 54.0 Å². The van der Waals surface area contributed by atoms with E-state index in [1.165, 1.54) is 6.20 Å². The number of anilines is 2. The van der Waals surface area contributed by atoms with Gasteiger partial charge >= 0.3 is 0 Å². The molecule has 2 rings (SSSR count). The zero-order chi connectivity index (χ0) is 15.2. The highest BCUT2D eigenvalue weighted by molar-refractivity contribution is 6.30. The molecule has 0 spiro atoms. The van der Waals surface area contributed by atoms with Gasteiger partial charge in [-0.15, -0.1) is 0 Å². The number of nitrogens with zero attached hydrogens (tertiary/aromatic N) is 1. The quantitative estimate of drug-likeness (QED) is 0.873. The van der Waals surface area contributed by atoms with Crippen molar-refractivity contribution >= 4 is 29.0 Å². The van der Waals surface area contributed by atoms with Crippen molar-refractivity contribution in [2.24, 2.45) is 0 Å². The second-order valence-electron chi connectivity index (χ2n) is 4.79. The lowest BCUT2D eigenvalue weighted by Gasteiger charge is -2.12. The van der Waals surface area contributed by atoms with Crippen molar-refractivity contribution in [3.8, 4) is 0 Å². The van der Waals surface area contributed by atoms with Crippen LogP contribution in [-0.2, 0) is 0 Å². The van der Waals surface area contributed by atoms with Crippen LogP contribution in [0.1, 0.15) is 29.3 Å². The summed E-state index contributed by atoms with van der Waals surface area (Å²) in [6, 6.07) is 9.07. The highest BCUT2D eigenvalue weighted by Gasteiger charge is 2.12. The molecule has 0 aliphatic heterocycles. The fourth-order valence-corrected chi connectivity index (χ4v) is 2.01. The number of halogens is 1. The predicted octanol–water partition coefficient (Wildman–Crippen LogP) is 4.12. The fraction of sp³-hybridized carbons (Fsp3) is 0.250. The summed E-state index contributed by atoms with van der Waals surface area (Å²) in [7, 11) is 0. The summed E-state index contributed by atoms with van der Waals surface area (Å²) < 4.78 is 0. The predicted molar refractivity (Wildman–Crippen MR) is 87.2 cm³/mol. The molecule has 4 nitrogen and oxygen atoms in total. The summed E-state index contributed by atoms with van der Waals surface area (Å²) >= 11 is 5.78. The van der Waals surface area contributed by atoms with E-state index in [0.717, 1.165) is 24.2 Å². The van der Waals surface area contributed by atoms with Gasteiger partial charge in [0.05, 0.1) is 10.6 Å². The van der Waals surface area contributed by atoms with Gasteiger partial charge in [-0.1, -0.05) is 24.6 Å². The average molecular weight is 304 g/mol. The third-order valence-electron chi connectivity index (χ3n) is 2.95. The standard InChI is InChI=1S/C16H18ClN3O/c1-3-8-18-14-9-11(2)4-6-13(14)16(21)20-15-7-5-12(17)10-19-15/h4-7,9-10,18H,3,8H2,1-2H3,(H,19,20,21). The van der Waals surface area contributed by atoms with Crippen LogP contribution in [0, 0.1) is 6.92 Å². The number of carbonyl (C=O) groups excluding carboxylic acids is 1. The van der Waals surface area contributed by atoms with Gasteiger partial charge in [-0.3, -0.25) is 4.79 Å². The van der Waals surface area contributed by atoms with E-state index in [2.05, 4.69) is 22.5 Å². The number of nitrogens with one attached hydrogen (secondary N) is 2. The first-order valence-electron chi connectivity index (χ1n) is 6.87. The lowest BCUT2D eigenvalue weighted by atomic mass is 10.1. The van der Waals surface area contributed by atoms with Crippen molar-refractivity contribution in [1.82, 2.24) is 4.98 Å². The Morgan fingerprint density at radius 3 is 2.76 bits per heavy atom. The van der Waals surface area contributed by atoms with Gasteiger partial charge in [-0.25, -0.2) is 4.98 Å². The minimum absolute atomic E-state index is 0.191. The summed E-state index contributed by atoms with van der Waals surface area (Å²) in [6.07, 6.45) is 2.50. The van der Waals surface area contributed by atoms with E-state index in [1.54, 1.807) is 12.1 Å². The van der Waals surface area contributed by atoms with E-state index in [4.69, 9.17) is 11.6 Å². The first kappa shape index (κ1) is 15.3. The molecule has 0 radical (unpaired) electrons. The normalized spacial score (nSPS) is 10.2. The van der Waals surface area contributed by atoms with Crippen molar-refractivity contribution in [3.63, 3.8) is 0 Å². The second-order valence-corrected chi connectivity index (χ2v) is 5.23. The molecule has 1 aromatic carbocycles. The van der Waals surface area contributed by atoms with E-state index in [-0.39, 0.29) is 5.91 Å². The van der Waals surface area contributed by atoms with Crippen LogP contribution < -0.4 is 10.6 Å². The van der Waals surface area contributed by atoms with Gasteiger partial charge in [0.2, 0.25) is 0 Å². The van der Waals surface area contributed by atoms with E-state index in [1.807, 2.05) is 25.1 Å². The fourth-order valence-electron chi connectivity index (χ4n) is 1.90. The minimum Gasteiger partial charge on any atom is -0.384 e. The molecule has 0 aliphatic rings. The number of rotatable bonds is 5. The molecule has 0 saturated heterocycles. The van der Waals surface area contributed by atoms with Gasteiger partial charge in [-0.2, -0.15) is 0 Å². The van der Waals surface area contributed by atoms with E-state index in [0.29, 0.717) is 16.4 Å². The number of benzene rings is 1. The van der Waals surface area contributed by atoms with Crippen LogP contribution >= 0.6 is 11.6 Å². The SMILES string of the molecule is CCCNc1cc(C)ccc1C(=O)Nc1ccc(Cl)cn1. The van der Waals surface area contributed by atoms with Crippen LogP contribution in [0.25, 0.3) is 0 Å². The molecule has 5 heteroatoms. The number of aromatic nitrogens is 1. The first-order valence-corrected chi connectivity index (χ1v) is 7.25. The maximum absolute atomic E-state index is 12.4. The molecule has 0 atom stereocenters. The van der Waals surface area contributed by atoms with Crippen LogP contribution in [0.15, 0.2) is 36.5 Å². The smallest absolute Gasteiger partial charge is 0.258 e. The third kappa shape index (κ3) is 4.20.